The van der Waals surface area contributed by atoms with E-state index in [0.717, 1.165) is 11.3 Å². The van der Waals surface area contributed by atoms with Crippen LogP contribution in [0.2, 0.25) is 5.02 Å². The summed E-state index contributed by atoms with van der Waals surface area (Å²) >= 11 is 5.72. The summed E-state index contributed by atoms with van der Waals surface area (Å²) in [5.74, 6) is -0.321. The Bertz CT molecular complexity index is 913. The van der Waals surface area contributed by atoms with Gasteiger partial charge in [-0.05, 0) is 49.4 Å². The number of carbonyl (C=O) groups excluding carboxylic acids is 1. The Balaban J connectivity index is 1.74. The molecule has 2 N–H and O–H groups in total. The van der Waals surface area contributed by atoms with Gasteiger partial charge in [-0.1, -0.05) is 29.3 Å². The third kappa shape index (κ3) is 4.33. The van der Waals surface area contributed by atoms with Crippen LogP contribution >= 0.6 is 11.6 Å². The van der Waals surface area contributed by atoms with E-state index in [9.17, 15) is 9.18 Å². The number of hydrogen-bond donors (Lipinski definition) is 2. The predicted octanol–water partition coefficient (Wildman–Crippen LogP) is 5.18. The zero-order valence-electron chi connectivity index (χ0n) is 13.4. The van der Waals surface area contributed by atoms with Crippen molar-refractivity contribution in [3.05, 3.63) is 82.8 Å². The molecule has 1 aromatic heterocycles. The minimum atomic E-state index is -0.534. The third-order valence-corrected chi connectivity index (χ3v) is 3.81. The van der Waals surface area contributed by atoms with E-state index >= 15 is 0 Å². The molecule has 6 heteroatoms. The summed E-state index contributed by atoms with van der Waals surface area (Å²) in [5.41, 5.74) is 2.87. The summed E-state index contributed by atoms with van der Waals surface area (Å²) in [6, 6.07) is 15.1. The summed E-state index contributed by atoms with van der Waals surface area (Å²) < 4.78 is 13.2. The maximum Gasteiger partial charge on any atom is 0.255 e. The fourth-order valence-corrected chi connectivity index (χ4v) is 2.38. The van der Waals surface area contributed by atoms with Gasteiger partial charge in [0.1, 0.15) is 11.6 Å². The van der Waals surface area contributed by atoms with Crippen molar-refractivity contribution in [2.24, 2.45) is 0 Å². The first-order valence-corrected chi connectivity index (χ1v) is 7.95. The normalized spacial score (nSPS) is 10.4. The van der Waals surface area contributed by atoms with Crippen LogP contribution in [-0.4, -0.2) is 10.9 Å². The van der Waals surface area contributed by atoms with Crippen LogP contribution in [0.15, 0.2) is 60.8 Å². The summed E-state index contributed by atoms with van der Waals surface area (Å²) in [6.07, 6.45) is 1.54. The zero-order chi connectivity index (χ0) is 17.8. The topological polar surface area (TPSA) is 54.0 Å². The Kier molecular flexibility index (Phi) is 4.95. The number of anilines is 3. The largest absolute Gasteiger partial charge is 0.340 e. The molecule has 0 aliphatic carbocycles. The van der Waals surface area contributed by atoms with Crippen LogP contribution in [0.25, 0.3) is 0 Å². The number of benzene rings is 2. The number of hydrogen-bond acceptors (Lipinski definition) is 3. The number of amides is 1. The monoisotopic (exact) mass is 355 g/mol. The number of halogens is 2. The number of pyridine rings is 1. The Hall–Kier alpha value is -2.92. The Morgan fingerprint density at radius 1 is 1.04 bits per heavy atom. The van der Waals surface area contributed by atoms with Crippen LogP contribution in [-0.2, 0) is 0 Å². The lowest BCUT2D eigenvalue weighted by Crippen LogP contribution is -2.12. The van der Waals surface area contributed by atoms with E-state index in [1.54, 1.807) is 18.3 Å². The molecule has 0 bridgehead atoms. The SMILES string of the molecule is Cc1ccc(Nc2cc(C(=O)Nc3ccc(F)c(Cl)c3)ccn2)cc1. The molecule has 0 spiro atoms. The molecule has 1 heterocycles. The summed E-state index contributed by atoms with van der Waals surface area (Å²) in [7, 11) is 0. The minimum Gasteiger partial charge on any atom is -0.340 e. The second-order valence-corrected chi connectivity index (χ2v) is 5.91. The summed E-state index contributed by atoms with van der Waals surface area (Å²) in [4.78, 5) is 16.6. The lowest BCUT2D eigenvalue weighted by atomic mass is 10.2. The molecule has 0 radical (unpaired) electrons. The molecule has 0 saturated heterocycles. The second kappa shape index (κ2) is 7.32. The van der Waals surface area contributed by atoms with E-state index < -0.39 is 5.82 Å². The van der Waals surface area contributed by atoms with E-state index in [1.807, 2.05) is 31.2 Å². The molecule has 3 rings (SSSR count). The first-order chi connectivity index (χ1) is 12.0. The highest BCUT2D eigenvalue weighted by Gasteiger charge is 2.09. The maximum atomic E-state index is 13.2. The number of rotatable bonds is 4. The van der Waals surface area contributed by atoms with Gasteiger partial charge in [0.15, 0.2) is 0 Å². The Morgan fingerprint density at radius 2 is 1.76 bits per heavy atom. The molecule has 0 atom stereocenters. The van der Waals surface area contributed by atoms with Crippen LogP contribution in [0.3, 0.4) is 0 Å². The Morgan fingerprint density at radius 3 is 2.48 bits per heavy atom. The molecular formula is C19H15ClFN3O. The van der Waals surface area contributed by atoms with Gasteiger partial charge < -0.3 is 10.6 Å². The Labute approximate surface area is 149 Å². The molecule has 0 unspecified atom stereocenters. The van der Waals surface area contributed by atoms with E-state index in [-0.39, 0.29) is 10.9 Å². The zero-order valence-corrected chi connectivity index (χ0v) is 14.1. The first kappa shape index (κ1) is 16.9. The standard InChI is InChI=1S/C19H15ClFN3O/c1-12-2-4-14(5-3-12)23-18-10-13(8-9-22-18)19(25)24-15-6-7-17(21)16(20)11-15/h2-11H,1H3,(H,22,23)(H,24,25). The van der Waals surface area contributed by atoms with Crippen molar-refractivity contribution in [2.75, 3.05) is 10.6 Å². The highest BCUT2D eigenvalue weighted by atomic mass is 35.5. The van der Waals surface area contributed by atoms with E-state index in [2.05, 4.69) is 15.6 Å². The van der Waals surface area contributed by atoms with Gasteiger partial charge in [0, 0.05) is 23.1 Å². The average molecular weight is 356 g/mol. The molecule has 0 aliphatic rings. The number of nitrogens with zero attached hydrogens (tertiary/aromatic N) is 1. The van der Waals surface area contributed by atoms with E-state index in [1.165, 1.54) is 18.2 Å². The predicted molar refractivity (Wildman–Crippen MR) is 98.1 cm³/mol. The molecule has 2 aromatic carbocycles. The van der Waals surface area contributed by atoms with Crippen molar-refractivity contribution in [3.63, 3.8) is 0 Å². The number of aromatic nitrogens is 1. The highest BCUT2D eigenvalue weighted by molar-refractivity contribution is 6.31. The molecule has 4 nitrogen and oxygen atoms in total. The van der Waals surface area contributed by atoms with E-state index in [0.29, 0.717) is 17.1 Å². The molecule has 3 aromatic rings. The highest BCUT2D eigenvalue weighted by Crippen LogP contribution is 2.21. The van der Waals surface area contributed by atoms with Gasteiger partial charge in [-0.15, -0.1) is 0 Å². The molecule has 0 saturated carbocycles. The van der Waals surface area contributed by atoms with Crippen molar-refractivity contribution < 1.29 is 9.18 Å². The number of nitrogens with one attached hydrogen (secondary N) is 2. The molecule has 0 fully saturated rings. The van der Waals surface area contributed by atoms with Crippen molar-refractivity contribution in [3.8, 4) is 0 Å². The lowest BCUT2D eigenvalue weighted by molar-refractivity contribution is 0.102. The van der Waals surface area contributed by atoms with Crippen molar-refractivity contribution >= 4 is 34.7 Å². The fraction of sp³-hybridized carbons (Fsp3) is 0.0526. The number of aryl methyl sites for hydroxylation is 1. The van der Waals surface area contributed by atoms with Gasteiger partial charge in [0.25, 0.3) is 5.91 Å². The van der Waals surface area contributed by atoms with Gasteiger partial charge in [0.2, 0.25) is 0 Å². The molecular weight excluding hydrogens is 341 g/mol. The third-order valence-electron chi connectivity index (χ3n) is 3.52. The van der Waals surface area contributed by atoms with Crippen LogP contribution < -0.4 is 10.6 Å². The van der Waals surface area contributed by atoms with Crippen molar-refractivity contribution in [2.45, 2.75) is 6.92 Å². The fourth-order valence-electron chi connectivity index (χ4n) is 2.20. The molecule has 0 aliphatic heterocycles. The van der Waals surface area contributed by atoms with Gasteiger partial charge in [0.05, 0.1) is 5.02 Å². The van der Waals surface area contributed by atoms with Gasteiger partial charge in [-0.2, -0.15) is 0 Å². The van der Waals surface area contributed by atoms with E-state index in [4.69, 9.17) is 11.6 Å². The molecule has 1 amide bonds. The maximum absolute atomic E-state index is 13.2. The molecule has 126 valence electrons. The molecule has 25 heavy (non-hydrogen) atoms. The van der Waals surface area contributed by atoms with Gasteiger partial charge in [-0.25, -0.2) is 9.37 Å². The summed E-state index contributed by atoms with van der Waals surface area (Å²) in [6.45, 7) is 2.01. The average Bonchev–Trinajstić information content (AvgIpc) is 2.60. The van der Waals surface area contributed by atoms with Gasteiger partial charge >= 0.3 is 0 Å². The first-order valence-electron chi connectivity index (χ1n) is 7.57. The smallest absolute Gasteiger partial charge is 0.255 e. The van der Waals surface area contributed by atoms with Crippen LogP contribution in [0.5, 0.6) is 0 Å². The summed E-state index contributed by atoms with van der Waals surface area (Å²) in [5, 5.41) is 5.78. The van der Waals surface area contributed by atoms with Crippen LogP contribution in [0.4, 0.5) is 21.6 Å². The minimum absolute atomic E-state index is 0.0470. The quantitative estimate of drug-likeness (QED) is 0.678. The second-order valence-electron chi connectivity index (χ2n) is 5.50. The van der Waals surface area contributed by atoms with Crippen LogP contribution in [0, 0.1) is 12.7 Å². The van der Waals surface area contributed by atoms with Crippen molar-refractivity contribution in [1.82, 2.24) is 4.98 Å². The van der Waals surface area contributed by atoms with Crippen molar-refractivity contribution in [1.29, 1.82) is 0 Å². The lowest BCUT2D eigenvalue weighted by Gasteiger charge is -2.09. The van der Waals surface area contributed by atoms with Crippen LogP contribution in [0.1, 0.15) is 15.9 Å². The van der Waals surface area contributed by atoms with Gasteiger partial charge in [-0.3, -0.25) is 4.79 Å². The number of carbonyl (C=O) groups is 1.